The Bertz CT molecular complexity index is 736. The lowest BCUT2D eigenvalue weighted by molar-refractivity contribution is 0.0772. The van der Waals surface area contributed by atoms with Crippen molar-refractivity contribution in [1.29, 1.82) is 5.26 Å². The highest BCUT2D eigenvalue weighted by atomic mass is 32.1. The molecule has 6 heteroatoms. The second-order valence-electron chi connectivity index (χ2n) is 5.56. The Morgan fingerprint density at radius 2 is 2.13 bits per heavy atom. The topological polar surface area (TPSA) is 60.2 Å². The predicted octanol–water partition coefficient (Wildman–Crippen LogP) is 2.68. The lowest BCUT2D eigenvalue weighted by atomic mass is 10.2. The lowest BCUT2D eigenvalue weighted by Gasteiger charge is -2.23. The number of carbonyl (C=O) groups excluding carboxylic acids is 1. The Balaban J connectivity index is 1.71. The summed E-state index contributed by atoms with van der Waals surface area (Å²) in [4.78, 5) is 21.8. The van der Waals surface area contributed by atoms with Gasteiger partial charge in [0.05, 0.1) is 4.88 Å². The van der Waals surface area contributed by atoms with Crippen LogP contribution in [-0.4, -0.2) is 42.0 Å². The van der Waals surface area contributed by atoms with Gasteiger partial charge in [0.25, 0.3) is 5.91 Å². The van der Waals surface area contributed by atoms with Crippen molar-refractivity contribution in [2.75, 3.05) is 31.1 Å². The molecule has 118 valence electrons. The number of hydrogen-bond donors (Lipinski definition) is 0. The molecule has 0 radical (unpaired) electrons. The highest BCUT2D eigenvalue weighted by molar-refractivity contribution is 7.12. The van der Waals surface area contributed by atoms with Crippen LogP contribution in [0.25, 0.3) is 0 Å². The molecule has 5 nitrogen and oxygen atoms in total. The van der Waals surface area contributed by atoms with Crippen molar-refractivity contribution < 1.29 is 4.79 Å². The van der Waals surface area contributed by atoms with Crippen LogP contribution in [-0.2, 0) is 0 Å². The monoisotopic (exact) mass is 326 g/mol. The summed E-state index contributed by atoms with van der Waals surface area (Å²) in [6.45, 7) is 4.89. The Morgan fingerprint density at radius 3 is 2.87 bits per heavy atom. The molecule has 0 unspecified atom stereocenters. The Morgan fingerprint density at radius 1 is 1.26 bits per heavy atom. The second-order valence-corrected chi connectivity index (χ2v) is 6.50. The highest BCUT2D eigenvalue weighted by Crippen LogP contribution is 2.18. The van der Waals surface area contributed by atoms with E-state index in [0.29, 0.717) is 12.2 Å². The maximum Gasteiger partial charge on any atom is 0.263 e. The summed E-state index contributed by atoms with van der Waals surface area (Å²) in [5.41, 5.74) is 1.36. The summed E-state index contributed by atoms with van der Waals surface area (Å²) in [5.74, 6) is 0.925. The fourth-order valence-electron chi connectivity index (χ4n) is 2.71. The zero-order chi connectivity index (χ0) is 16.2. The average Bonchev–Trinajstić information content (AvgIpc) is 2.99. The summed E-state index contributed by atoms with van der Waals surface area (Å²) in [6.07, 6.45) is 0.897. The van der Waals surface area contributed by atoms with Gasteiger partial charge in [-0.2, -0.15) is 5.26 Å². The quantitative estimate of drug-likeness (QED) is 0.851. The normalized spacial score (nSPS) is 15.1. The Kier molecular flexibility index (Phi) is 4.58. The van der Waals surface area contributed by atoms with Gasteiger partial charge >= 0.3 is 0 Å². The van der Waals surface area contributed by atoms with Crippen LogP contribution in [0.5, 0.6) is 0 Å². The van der Waals surface area contributed by atoms with E-state index in [9.17, 15) is 4.79 Å². The number of thiophene rings is 1. The molecule has 1 saturated heterocycles. The highest BCUT2D eigenvalue weighted by Gasteiger charge is 2.21. The first-order valence-electron chi connectivity index (χ1n) is 7.64. The summed E-state index contributed by atoms with van der Waals surface area (Å²) in [7, 11) is 0. The van der Waals surface area contributed by atoms with Gasteiger partial charge in [0.1, 0.15) is 17.6 Å². The standard InChI is InChI=1S/C17H18N4OS/c1-13-5-6-16(19-14(13)12-18)20-7-3-8-21(10-9-20)17(22)15-4-2-11-23-15/h2,4-6,11H,3,7-10H2,1H3. The van der Waals surface area contributed by atoms with Crippen LogP contribution in [0.15, 0.2) is 29.6 Å². The summed E-state index contributed by atoms with van der Waals surface area (Å²) < 4.78 is 0. The molecule has 1 fully saturated rings. The summed E-state index contributed by atoms with van der Waals surface area (Å²) in [5, 5.41) is 11.1. The van der Waals surface area contributed by atoms with Crippen LogP contribution in [0, 0.1) is 18.3 Å². The number of amides is 1. The van der Waals surface area contributed by atoms with Crippen LogP contribution in [0.4, 0.5) is 5.82 Å². The maximum absolute atomic E-state index is 12.5. The molecule has 0 bridgehead atoms. The van der Waals surface area contributed by atoms with E-state index in [4.69, 9.17) is 5.26 Å². The molecule has 3 heterocycles. The molecule has 0 aliphatic carbocycles. The number of nitriles is 1. The predicted molar refractivity (Wildman–Crippen MR) is 90.7 cm³/mol. The minimum Gasteiger partial charge on any atom is -0.355 e. The first kappa shape index (κ1) is 15.5. The fourth-order valence-corrected chi connectivity index (χ4v) is 3.40. The minimum atomic E-state index is 0.108. The molecule has 0 saturated carbocycles. The van der Waals surface area contributed by atoms with Gasteiger partial charge in [0, 0.05) is 26.2 Å². The molecule has 0 atom stereocenters. The molecule has 2 aromatic heterocycles. The van der Waals surface area contributed by atoms with Crippen LogP contribution < -0.4 is 4.90 Å². The molecular weight excluding hydrogens is 308 g/mol. The molecule has 23 heavy (non-hydrogen) atoms. The van der Waals surface area contributed by atoms with E-state index in [1.165, 1.54) is 11.3 Å². The maximum atomic E-state index is 12.5. The zero-order valence-electron chi connectivity index (χ0n) is 13.0. The molecule has 0 N–H and O–H groups in total. The van der Waals surface area contributed by atoms with Gasteiger partial charge in [-0.05, 0) is 36.4 Å². The van der Waals surface area contributed by atoms with Crippen molar-refractivity contribution in [3.8, 4) is 6.07 Å². The average molecular weight is 326 g/mol. The Labute approximate surface area is 139 Å². The minimum absolute atomic E-state index is 0.108. The van der Waals surface area contributed by atoms with Crippen LogP contribution >= 0.6 is 11.3 Å². The number of nitrogens with zero attached hydrogens (tertiary/aromatic N) is 4. The van der Waals surface area contributed by atoms with Crippen molar-refractivity contribution >= 4 is 23.1 Å². The second kappa shape index (κ2) is 6.80. The van der Waals surface area contributed by atoms with Gasteiger partial charge in [-0.1, -0.05) is 12.1 Å². The fraction of sp³-hybridized carbons (Fsp3) is 0.353. The number of carbonyl (C=O) groups is 1. The molecule has 1 amide bonds. The van der Waals surface area contributed by atoms with Gasteiger partial charge in [0.2, 0.25) is 0 Å². The van der Waals surface area contributed by atoms with Crippen molar-refractivity contribution in [1.82, 2.24) is 9.88 Å². The molecule has 0 spiro atoms. The zero-order valence-corrected chi connectivity index (χ0v) is 13.8. The van der Waals surface area contributed by atoms with E-state index in [1.807, 2.05) is 41.5 Å². The van der Waals surface area contributed by atoms with Gasteiger partial charge in [-0.25, -0.2) is 4.98 Å². The van der Waals surface area contributed by atoms with Gasteiger partial charge < -0.3 is 9.80 Å². The van der Waals surface area contributed by atoms with Gasteiger partial charge in [-0.15, -0.1) is 11.3 Å². The van der Waals surface area contributed by atoms with Gasteiger partial charge in [-0.3, -0.25) is 4.79 Å². The third-order valence-electron chi connectivity index (χ3n) is 4.03. The molecule has 3 rings (SSSR count). The number of anilines is 1. The third-order valence-corrected chi connectivity index (χ3v) is 4.89. The first-order valence-corrected chi connectivity index (χ1v) is 8.52. The van der Waals surface area contributed by atoms with E-state index in [-0.39, 0.29) is 5.91 Å². The van der Waals surface area contributed by atoms with Crippen LogP contribution in [0.2, 0.25) is 0 Å². The first-order chi connectivity index (χ1) is 11.2. The molecule has 0 aromatic carbocycles. The van der Waals surface area contributed by atoms with E-state index in [2.05, 4.69) is 16.0 Å². The van der Waals surface area contributed by atoms with E-state index in [1.54, 1.807) is 0 Å². The Hall–Kier alpha value is -2.39. The van der Waals surface area contributed by atoms with E-state index in [0.717, 1.165) is 42.3 Å². The number of aromatic nitrogens is 1. The third kappa shape index (κ3) is 3.35. The van der Waals surface area contributed by atoms with E-state index >= 15 is 0 Å². The number of aryl methyl sites for hydroxylation is 1. The number of hydrogen-bond acceptors (Lipinski definition) is 5. The molecular formula is C17H18N4OS. The number of pyridine rings is 1. The van der Waals surface area contributed by atoms with Crippen molar-refractivity contribution in [3.05, 3.63) is 45.8 Å². The largest absolute Gasteiger partial charge is 0.355 e. The molecule has 2 aromatic rings. The number of rotatable bonds is 2. The van der Waals surface area contributed by atoms with Crippen LogP contribution in [0.1, 0.15) is 27.3 Å². The summed E-state index contributed by atoms with van der Waals surface area (Å²) in [6, 6.07) is 9.79. The van der Waals surface area contributed by atoms with Crippen LogP contribution in [0.3, 0.4) is 0 Å². The van der Waals surface area contributed by atoms with Gasteiger partial charge in [0.15, 0.2) is 0 Å². The molecule has 1 aliphatic heterocycles. The summed E-state index contributed by atoms with van der Waals surface area (Å²) >= 11 is 1.48. The van der Waals surface area contributed by atoms with Crippen molar-refractivity contribution in [2.45, 2.75) is 13.3 Å². The SMILES string of the molecule is Cc1ccc(N2CCCN(C(=O)c3cccs3)CC2)nc1C#N. The van der Waals surface area contributed by atoms with Crippen molar-refractivity contribution in [3.63, 3.8) is 0 Å². The smallest absolute Gasteiger partial charge is 0.263 e. The lowest BCUT2D eigenvalue weighted by Crippen LogP contribution is -2.35. The molecule has 1 aliphatic rings. The van der Waals surface area contributed by atoms with E-state index < -0.39 is 0 Å². The van der Waals surface area contributed by atoms with Crippen molar-refractivity contribution in [2.24, 2.45) is 0 Å².